The van der Waals surface area contributed by atoms with Crippen LogP contribution in [0.2, 0.25) is 0 Å². The van der Waals surface area contributed by atoms with Gasteiger partial charge in [-0.3, -0.25) is 0 Å². The summed E-state index contributed by atoms with van der Waals surface area (Å²) < 4.78 is 1.78. The molecule has 0 spiro atoms. The van der Waals surface area contributed by atoms with Crippen LogP contribution >= 0.6 is 0 Å². The van der Waals surface area contributed by atoms with E-state index in [2.05, 4.69) is 39.1 Å². The maximum atomic E-state index is 4.00. The molecular formula is C11H11N5. The minimum atomic E-state index is 0.0763. The quantitative estimate of drug-likeness (QED) is 0.781. The minimum Gasteiger partial charge on any atom is -0.327 e. The summed E-state index contributed by atoms with van der Waals surface area (Å²) in [5, 5.41) is 14.7. The molecule has 5 heteroatoms. The van der Waals surface area contributed by atoms with Gasteiger partial charge in [0.05, 0.1) is 0 Å². The maximum Gasteiger partial charge on any atom is 0.248 e. The lowest BCUT2D eigenvalue weighted by Crippen LogP contribution is -2.19. The zero-order chi connectivity index (χ0) is 11.0. The van der Waals surface area contributed by atoms with Gasteiger partial charge in [0.25, 0.3) is 0 Å². The summed E-state index contributed by atoms with van der Waals surface area (Å²) in [4.78, 5) is 0. The average Bonchev–Trinajstić information content (AvgIpc) is 2.77. The van der Waals surface area contributed by atoms with Crippen LogP contribution < -0.4 is 5.32 Å². The average molecular weight is 213 g/mol. The van der Waals surface area contributed by atoms with Gasteiger partial charge >= 0.3 is 0 Å². The summed E-state index contributed by atoms with van der Waals surface area (Å²) >= 11 is 0. The summed E-state index contributed by atoms with van der Waals surface area (Å²) in [6.45, 7) is 2.01. The molecule has 80 valence electrons. The molecule has 2 aromatic rings. The summed E-state index contributed by atoms with van der Waals surface area (Å²) in [7, 11) is 0. The van der Waals surface area contributed by atoms with Crippen LogP contribution in [0, 0.1) is 0 Å². The Morgan fingerprint density at radius 3 is 2.88 bits per heavy atom. The molecule has 0 amide bonds. The summed E-state index contributed by atoms with van der Waals surface area (Å²) in [5.74, 6) is 0.689. The lowest BCUT2D eigenvalue weighted by atomic mass is 10.1. The highest BCUT2D eigenvalue weighted by molar-refractivity contribution is 5.41. The second kappa shape index (κ2) is 3.44. The molecule has 0 aliphatic carbocycles. The van der Waals surface area contributed by atoms with Gasteiger partial charge in [-0.15, -0.1) is 0 Å². The summed E-state index contributed by atoms with van der Waals surface area (Å²) in [6.07, 6.45) is 2.11. The van der Waals surface area contributed by atoms with Crippen LogP contribution in [0.4, 0.5) is 5.95 Å². The highest BCUT2D eigenvalue weighted by atomic mass is 15.6. The second-order valence-electron chi connectivity index (χ2n) is 3.78. The molecule has 2 heterocycles. The number of rotatable bonds is 1. The number of hydrogen-bond acceptors (Lipinski definition) is 4. The van der Waals surface area contributed by atoms with Crippen molar-refractivity contribution in [2.24, 2.45) is 0 Å². The van der Waals surface area contributed by atoms with Crippen LogP contribution in [-0.4, -0.2) is 20.2 Å². The predicted molar refractivity (Wildman–Crippen MR) is 59.8 cm³/mol. The van der Waals surface area contributed by atoms with Gasteiger partial charge in [0.2, 0.25) is 5.95 Å². The number of benzene rings is 1. The molecule has 16 heavy (non-hydrogen) atoms. The van der Waals surface area contributed by atoms with Crippen LogP contribution in [0.15, 0.2) is 42.1 Å². The maximum absolute atomic E-state index is 4.00. The van der Waals surface area contributed by atoms with Gasteiger partial charge in [0.1, 0.15) is 6.04 Å². The molecule has 0 fully saturated rings. The Bertz CT molecular complexity index is 528. The van der Waals surface area contributed by atoms with Crippen LogP contribution in [-0.2, 0) is 0 Å². The van der Waals surface area contributed by atoms with E-state index in [9.17, 15) is 0 Å². The highest BCUT2D eigenvalue weighted by Crippen LogP contribution is 2.26. The number of tetrazole rings is 1. The second-order valence-corrected chi connectivity index (χ2v) is 3.78. The van der Waals surface area contributed by atoms with Gasteiger partial charge in [-0.05, 0) is 29.0 Å². The molecule has 3 rings (SSSR count). The van der Waals surface area contributed by atoms with Crippen molar-refractivity contribution in [3.05, 3.63) is 47.7 Å². The molecular weight excluding hydrogens is 202 g/mol. The Morgan fingerprint density at radius 2 is 2.06 bits per heavy atom. The van der Waals surface area contributed by atoms with Crippen molar-refractivity contribution in [1.29, 1.82) is 0 Å². The largest absolute Gasteiger partial charge is 0.327 e. The molecule has 0 unspecified atom stereocenters. The van der Waals surface area contributed by atoms with E-state index in [0.29, 0.717) is 5.95 Å². The van der Waals surface area contributed by atoms with E-state index in [4.69, 9.17) is 0 Å². The number of nitrogens with zero attached hydrogens (tertiary/aromatic N) is 4. The lowest BCUT2D eigenvalue weighted by molar-refractivity contribution is 0.579. The fourth-order valence-corrected chi connectivity index (χ4v) is 1.88. The van der Waals surface area contributed by atoms with Crippen LogP contribution in [0.1, 0.15) is 18.5 Å². The van der Waals surface area contributed by atoms with E-state index < -0.39 is 0 Å². The van der Waals surface area contributed by atoms with E-state index in [1.54, 1.807) is 4.68 Å². The monoisotopic (exact) mass is 213 g/mol. The van der Waals surface area contributed by atoms with Crippen molar-refractivity contribution in [3.63, 3.8) is 0 Å². The van der Waals surface area contributed by atoms with E-state index >= 15 is 0 Å². The third-order valence-corrected chi connectivity index (χ3v) is 2.61. The Labute approximate surface area is 92.8 Å². The van der Waals surface area contributed by atoms with Crippen molar-refractivity contribution in [3.8, 4) is 0 Å². The number of allylic oxidation sites excluding steroid dienone is 2. The van der Waals surface area contributed by atoms with Gasteiger partial charge in [0, 0.05) is 5.70 Å². The fourth-order valence-electron chi connectivity index (χ4n) is 1.88. The smallest absolute Gasteiger partial charge is 0.248 e. The third-order valence-electron chi connectivity index (χ3n) is 2.61. The Balaban J connectivity index is 2.10. The molecule has 1 N–H and O–H groups in total. The zero-order valence-corrected chi connectivity index (χ0v) is 8.83. The SMILES string of the molecule is CC1=C[C@H](c2ccccc2)n2nnnc2N1. The molecule has 1 atom stereocenters. The number of aromatic nitrogens is 4. The first-order chi connectivity index (χ1) is 7.84. The third kappa shape index (κ3) is 1.37. The predicted octanol–water partition coefficient (Wildman–Crippen LogP) is 1.59. The molecule has 1 aliphatic heterocycles. The van der Waals surface area contributed by atoms with Crippen molar-refractivity contribution in [2.75, 3.05) is 5.32 Å². The molecule has 5 nitrogen and oxygen atoms in total. The van der Waals surface area contributed by atoms with Gasteiger partial charge in [-0.25, -0.2) is 0 Å². The van der Waals surface area contributed by atoms with Crippen molar-refractivity contribution < 1.29 is 0 Å². The fraction of sp³-hybridized carbons (Fsp3) is 0.182. The Morgan fingerprint density at radius 1 is 1.25 bits per heavy atom. The van der Waals surface area contributed by atoms with Gasteiger partial charge in [-0.1, -0.05) is 35.4 Å². The molecule has 0 saturated carbocycles. The summed E-state index contributed by atoms with van der Waals surface area (Å²) in [5.41, 5.74) is 2.24. The first-order valence-electron chi connectivity index (χ1n) is 5.13. The lowest BCUT2D eigenvalue weighted by Gasteiger charge is -2.21. The Kier molecular flexibility index (Phi) is 1.96. The van der Waals surface area contributed by atoms with E-state index in [-0.39, 0.29) is 6.04 Å². The zero-order valence-electron chi connectivity index (χ0n) is 8.83. The first-order valence-corrected chi connectivity index (χ1v) is 5.13. The van der Waals surface area contributed by atoms with Crippen molar-refractivity contribution in [2.45, 2.75) is 13.0 Å². The minimum absolute atomic E-state index is 0.0763. The van der Waals surface area contributed by atoms with E-state index in [1.165, 1.54) is 5.56 Å². The molecule has 1 aliphatic rings. The molecule has 0 saturated heterocycles. The van der Waals surface area contributed by atoms with Gasteiger partial charge < -0.3 is 5.32 Å². The van der Waals surface area contributed by atoms with E-state index in [0.717, 1.165) is 5.70 Å². The number of fused-ring (bicyclic) bond motifs is 1. The van der Waals surface area contributed by atoms with Crippen LogP contribution in [0.5, 0.6) is 0 Å². The van der Waals surface area contributed by atoms with Crippen molar-refractivity contribution >= 4 is 5.95 Å². The summed E-state index contributed by atoms with van der Waals surface area (Å²) in [6, 6.07) is 10.3. The normalized spacial score (nSPS) is 18.6. The molecule has 1 aromatic carbocycles. The first kappa shape index (κ1) is 9.08. The topological polar surface area (TPSA) is 55.6 Å². The number of hydrogen-bond donors (Lipinski definition) is 1. The van der Waals surface area contributed by atoms with Crippen molar-refractivity contribution in [1.82, 2.24) is 20.2 Å². The molecule has 0 radical (unpaired) electrons. The van der Waals surface area contributed by atoms with Gasteiger partial charge in [0.15, 0.2) is 0 Å². The van der Waals surface area contributed by atoms with Gasteiger partial charge in [-0.2, -0.15) is 4.68 Å². The standard InChI is InChI=1S/C11H11N5/c1-8-7-10(9-5-3-2-4-6-9)16-11(12-8)13-14-15-16/h2-7,10H,1H3,(H,12,13,15)/t10-/m1/s1. The number of nitrogens with one attached hydrogen (secondary N) is 1. The van der Waals surface area contributed by atoms with Crippen LogP contribution in [0.25, 0.3) is 0 Å². The molecule has 0 bridgehead atoms. The molecule has 1 aromatic heterocycles. The highest BCUT2D eigenvalue weighted by Gasteiger charge is 2.21. The Hall–Kier alpha value is -2.17. The van der Waals surface area contributed by atoms with E-state index in [1.807, 2.05) is 25.1 Å². The van der Waals surface area contributed by atoms with Crippen LogP contribution in [0.3, 0.4) is 0 Å². The number of anilines is 1.